The van der Waals surface area contributed by atoms with Gasteiger partial charge >= 0.3 is 13.1 Å². The van der Waals surface area contributed by atoms with Crippen LogP contribution in [0.15, 0.2) is 0 Å². The number of hydrogen-bond donors (Lipinski definition) is 7. The van der Waals surface area contributed by atoms with Gasteiger partial charge in [-0.25, -0.2) is 0 Å². The number of carbonyl (C=O) groups is 3. The SMILES string of the molecule is Cl.Cl.NC(=O)C[C@H](N)C(=O)NC[C@@H]1CC[C@@H](CCB(O)O)C[C@]1(N)C(=O)O. The number of rotatable bonds is 9. The topological polar surface area (TPSA) is 202 Å². The second kappa shape index (κ2) is 12.4. The van der Waals surface area contributed by atoms with E-state index in [1.54, 1.807) is 0 Å². The van der Waals surface area contributed by atoms with Gasteiger partial charge in [-0.05, 0) is 31.5 Å². The standard InChI is InChI=1S/C14H27BN4O6.2ClH/c16-10(5-11(17)20)12(21)19-7-9-2-1-8(3-4-15(24)25)6-14(9,18)13(22)23;;/h8-10,24-25H,1-7,16,18H2,(H2,17,20)(H,19,21)(H,22,23);2*1H/t8-,9-,10-,14+;;/m0../s1. The van der Waals surface area contributed by atoms with Crippen molar-refractivity contribution in [1.82, 2.24) is 5.32 Å². The van der Waals surface area contributed by atoms with Crippen LogP contribution in [-0.2, 0) is 14.4 Å². The van der Waals surface area contributed by atoms with Crippen LogP contribution in [0.2, 0.25) is 6.32 Å². The van der Waals surface area contributed by atoms with Crippen LogP contribution in [0.1, 0.15) is 32.1 Å². The Morgan fingerprint density at radius 3 is 2.30 bits per heavy atom. The highest BCUT2D eigenvalue weighted by Crippen LogP contribution is 2.38. The molecule has 0 saturated heterocycles. The smallest absolute Gasteiger partial charge is 0.451 e. The normalized spacial score (nSPS) is 25.3. The molecule has 0 radical (unpaired) electrons. The van der Waals surface area contributed by atoms with Crippen molar-refractivity contribution in [3.63, 3.8) is 0 Å². The van der Waals surface area contributed by atoms with Crippen molar-refractivity contribution >= 4 is 49.7 Å². The van der Waals surface area contributed by atoms with Crippen molar-refractivity contribution in [2.24, 2.45) is 29.0 Å². The van der Waals surface area contributed by atoms with Crippen LogP contribution in [0, 0.1) is 11.8 Å². The molecule has 10 nitrogen and oxygen atoms in total. The highest BCUT2D eigenvalue weighted by Gasteiger charge is 2.47. The van der Waals surface area contributed by atoms with Gasteiger partial charge in [0.05, 0.1) is 12.5 Å². The fourth-order valence-corrected chi connectivity index (χ4v) is 3.28. The molecule has 2 amide bonds. The maximum Gasteiger partial charge on any atom is 0.451 e. The summed E-state index contributed by atoms with van der Waals surface area (Å²) in [6.45, 7) is 0.0312. The molecule has 13 heteroatoms. The summed E-state index contributed by atoms with van der Waals surface area (Å²) in [6.07, 6.45) is 1.65. The summed E-state index contributed by atoms with van der Waals surface area (Å²) >= 11 is 0. The first-order chi connectivity index (χ1) is 11.6. The van der Waals surface area contributed by atoms with Crippen LogP contribution in [0.25, 0.3) is 0 Å². The third kappa shape index (κ3) is 8.63. The first-order valence-corrected chi connectivity index (χ1v) is 8.26. The molecular formula is C14H29BCl2N4O6. The van der Waals surface area contributed by atoms with Gasteiger partial charge in [-0.3, -0.25) is 14.4 Å². The van der Waals surface area contributed by atoms with Crippen molar-refractivity contribution in [3.8, 4) is 0 Å². The number of amides is 2. The third-order valence-corrected chi connectivity index (χ3v) is 4.79. The molecule has 0 spiro atoms. The Morgan fingerprint density at radius 2 is 1.81 bits per heavy atom. The number of halogens is 2. The molecule has 0 bridgehead atoms. The summed E-state index contributed by atoms with van der Waals surface area (Å²) < 4.78 is 0. The molecular weight excluding hydrogens is 402 g/mol. The fraction of sp³-hybridized carbons (Fsp3) is 0.786. The van der Waals surface area contributed by atoms with Crippen LogP contribution in [0.4, 0.5) is 0 Å². The molecule has 0 aromatic rings. The number of carbonyl (C=O) groups excluding carboxylic acids is 2. The second-order valence-corrected chi connectivity index (χ2v) is 6.77. The predicted octanol–water partition coefficient (Wildman–Crippen LogP) is -1.79. The monoisotopic (exact) mass is 430 g/mol. The van der Waals surface area contributed by atoms with E-state index in [0.717, 1.165) is 0 Å². The zero-order valence-electron chi connectivity index (χ0n) is 14.9. The van der Waals surface area contributed by atoms with E-state index >= 15 is 0 Å². The fourth-order valence-electron chi connectivity index (χ4n) is 3.28. The van der Waals surface area contributed by atoms with Crippen LogP contribution < -0.4 is 22.5 Å². The Kier molecular flexibility index (Phi) is 12.9. The lowest BCUT2D eigenvalue weighted by molar-refractivity contribution is -0.148. The van der Waals surface area contributed by atoms with Crippen molar-refractivity contribution in [3.05, 3.63) is 0 Å². The number of aliphatic carboxylic acids is 1. The van der Waals surface area contributed by atoms with Gasteiger partial charge in [-0.2, -0.15) is 0 Å². The molecule has 27 heavy (non-hydrogen) atoms. The molecule has 0 unspecified atom stereocenters. The van der Waals surface area contributed by atoms with E-state index in [4.69, 9.17) is 27.2 Å². The largest absolute Gasteiger partial charge is 0.480 e. The number of primary amides is 1. The minimum absolute atomic E-state index is 0. The second-order valence-electron chi connectivity index (χ2n) is 6.77. The molecule has 1 aliphatic rings. The van der Waals surface area contributed by atoms with Gasteiger partial charge in [0, 0.05) is 12.5 Å². The molecule has 4 atom stereocenters. The summed E-state index contributed by atoms with van der Waals surface area (Å²) in [7, 11) is -1.43. The van der Waals surface area contributed by atoms with Gasteiger partial charge in [0.2, 0.25) is 11.8 Å². The molecule has 0 heterocycles. The van der Waals surface area contributed by atoms with Crippen LogP contribution in [0.3, 0.4) is 0 Å². The Labute approximate surface area is 170 Å². The van der Waals surface area contributed by atoms with Crippen molar-refractivity contribution in [2.75, 3.05) is 6.54 Å². The Bertz CT molecular complexity index is 516. The third-order valence-electron chi connectivity index (χ3n) is 4.79. The Morgan fingerprint density at radius 1 is 1.22 bits per heavy atom. The van der Waals surface area contributed by atoms with Crippen LogP contribution in [0.5, 0.6) is 0 Å². The Hall–Kier alpha value is -1.11. The molecule has 1 aliphatic carbocycles. The van der Waals surface area contributed by atoms with Gasteiger partial charge < -0.3 is 37.7 Å². The Balaban J connectivity index is 0. The molecule has 1 saturated carbocycles. The lowest BCUT2D eigenvalue weighted by atomic mass is 9.66. The maximum absolute atomic E-state index is 11.9. The van der Waals surface area contributed by atoms with E-state index in [2.05, 4.69) is 5.32 Å². The van der Waals surface area contributed by atoms with E-state index in [0.29, 0.717) is 19.3 Å². The van der Waals surface area contributed by atoms with E-state index < -0.39 is 42.4 Å². The summed E-state index contributed by atoms with van der Waals surface area (Å²) in [5, 5.41) is 30.0. The molecule has 1 fully saturated rings. The highest BCUT2D eigenvalue weighted by molar-refractivity contribution is 6.40. The van der Waals surface area contributed by atoms with E-state index in [1.165, 1.54) is 0 Å². The van der Waals surface area contributed by atoms with Gasteiger partial charge in [0.25, 0.3) is 0 Å². The number of carboxylic acid groups (broad SMARTS) is 1. The van der Waals surface area contributed by atoms with Crippen molar-refractivity contribution < 1.29 is 29.5 Å². The minimum Gasteiger partial charge on any atom is -0.480 e. The number of hydrogen-bond acceptors (Lipinski definition) is 7. The van der Waals surface area contributed by atoms with Gasteiger partial charge in [-0.1, -0.05) is 6.42 Å². The van der Waals surface area contributed by atoms with Gasteiger partial charge in [-0.15, -0.1) is 24.8 Å². The van der Waals surface area contributed by atoms with Gasteiger partial charge in [0.15, 0.2) is 0 Å². The average molecular weight is 431 g/mol. The zero-order chi connectivity index (χ0) is 19.2. The first kappa shape index (κ1) is 28.1. The molecule has 10 N–H and O–H groups in total. The summed E-state index contributed by atoms with van der Waals surface area (Å²) in [6, 6.07) is -1.09. The molecule has 158 valence electrons. The average Bonchev–Trinajstić information content (AvgIpc) is 2.50. The summed E-state index contributed by atoms with van der Waals surface area (Å²) in [5.41, 5.74) is 15.1. The molecule has 0 aliphatic heterocycles. The zero-order valence-corrected chi connectivity index (χ0v) is 16.5. The molecule has 1 rings (SSSR count). The molecule has 0 aromatic heterocycles. The highest BCUT2D eigenvalue weighted by atomic mass is 35.5. The van der Waals surface area contributed by atoms with Gasteiger partial charge in [0.1, 0.15) is 5.54 Å². The number of nitrogens with two attached hydrogens (primary N) is 3. The summed E-state index contributed by atoms with van der Waals surface area (Å²) in [5.74, 6) is -2.98. The quantitative estimate of drug-likeness (QED) is 0.207. The van der Waals surface area contributed by atoms with Crippen molar-refractivity contribution in [2.45, 2.75) is 50.0 Å². The number of carboxylic acids is 1. The lowest BCUT2D eigenvalue weighted by Crippen LogP contribution is -2.60. The first-order valence-electron chi connectivity index (χ1n) is 8.26. The van der Waals surface area contributed by atoms with Crippen LogP contribution in [-0.4, -0.2) is 58.2 Å². The van der Waals surface area contributed by atoms with Crippen molar-refractivity contribution in [1.29, 1.82) is 0 Å². The lowest BCUT2D eigenvalue weighted by Gasteiger charge is -2.41. The maximum atomic E-state index is 11.9. The summed E-state index contributed by atoms with van der Waals surface area (Å²) in [4.78, 5) is 34.3. The minimum atomic E-state index is -1.52. The van der Waals surface area contributed by atoms with Crippen LogP contribution >= 0.6 is 24.8 Å². The van der Waals surface area contributed by atoms with E-state index in [9.17, 15) is 19.5 Å². The van der Waals surface area contributed by atoms with E-state index in [1.807, 2.05) is 0 Å². The predicted molar refractivity (Wildman–Crippen MR) is 104 cm³/mol. The molecule has 0 aromatic carbocycles. The van der Waals surface area contributed by atoms with E-state index in [-0.39, 0.29) is 56.4 Å². The number of nitrogens with one attached hydrogen (secondary N) is 1.